The van der Waals surface area contributed by atoms with Crippen LogP contribution >= 0.6 is 0 Å². The first-order valence-electron chi connectivity index (χ1n) is 5.46. The van der Waals surface area contributed by atoms with Crippen LogP contribution in [0.2, 0.25) is 0 Å². The number of methoxy groups -OCH3 is 1. The van der Waals surface area contributed by atoms with Crippen LogP contribution in [0.15, 0.2) is 23.1 Å². The zero-order valence-corrected chi connectivity index (χ0v) is 11.5. The second-order valence-electron chi connectivity index (χ2n) is 3.62. The SMILES string of the molecule is COc1ccc(C#CCO)cc1S(=O)(=O)NCC(N)=O. The molecule has 20 heavy (non-hydrogen) atoms. The highest BCUT2D eigenvalue weighted by molar-refractivity contribution is 7.89. The third-order valence-electron chi connectivity index (χ3n) is 2.20. The number of carbonyl (C=O) groups is 1. The van der Waals surface area contributed by atoms with Gasteiger partial charge >= 0.3 is 0 Å². The number of hydrogen-bond acceptors (Lipinski definition) is 5. The lowest BCUT2D eigenvalue weighted by molar-refractivity contribution is -0.116. The number of aliphatic hydroxyl groups is 1. The molecule has 0 saturated carbocycles. The summed E-state index contributed by atoms with van der Waals surface area (Å²) in [5.41, 5.74) is 5.28. The van der Waals surface area contributed by atoms with E-state index in [1.165, 1.54) is 19.2 Å². The van der Waals surface area contributed by atoms with Gasteiger partial charge in [-0.05, 0) is 18.2 Å². The predicted octanol–water partition coefficient (Wildman–Crippen LogP) is -1.20. The fourth-order valence-electron chi connectivity index (χ4n) is 1.35. The molecule has 0 aliphatic carbocycles. The van der Waals surface area contributed by atoms with Crippen LogP contribution in [0.4, 0.5) is 0 Å². The molecule has 0 radical (unpaired) electrons. The molecule has 0 spiro atoms. The van der Waals surface area contributed by atoms with Crippen molar-refractivity contribution in [2.24, 2.45) is 5.73 Å². The summed E-state index contributed by atoms with van der Waals surface area (Å²) in [7, 11) is -2.63. The molecular formula is C12H14N2O5S. The van der Waals surface area contributed by atoms with Gasteiger partial charge in [0, 0.05) is 5.56 Å². The average molecular weight is 298 g/mol. The van der Waals surface area contributed by atoms with Crippen molar-refractivity contribution in [1.29, 1.82) is 0 Å². The zero-order valence-electron chi connectivity index (χ0n) is 10.7. The van der Waals surface area contributed by atoms with E-state index in [1.54, 1.807) is 6.07 Å². The first-order valence-corrected chi connectivity index (χ1v) is 6.94. The molecule has 7 nitrogen and oxygen atoms in total. The van der Waals surface area contributed by atoms with Crippen LogP contribution in [0.3, 0.4) is 0 Å². The van der Waals surface area contributed by atoms with Gasteiger partial charge in [-0.3, -0.25) is 4.79 Å². The van der Waals surface area contributed by atoms with Gasteiger partial charge in [0.15, 0.2) is 0 Å². The molecular weight excluding hydrogens is 284 g/mol. The highest BCUT2D eigenvalue weighted by atomic mass is 32.2. The van der Waals surface area contributed by atoms with Crippen molar-refractivity contribution in [2.45, 2.75) is 4.90 Å². The molecule has 0 unspecified atom stereocenters. The predicted molar refractivity (Wildman–Crippen MR) is 71.3 cm³/mol. The number of amides is 1. The highest BCUT2D eigenvalue weighted by Gasteiger charge is 2.20. The van der Waals surface area contributed by atoms with Crippen molar-refractivity contribution >= 4 is 15.9 Å². The van der Waals surface area contributed by atoms with Gasteiger partial charge in [-0.25, -0.2) is 13.1 Å². The number of nitrogens with one attached hydrogen (secondary N) is 1. The van der Waals surface area contributed by atoms with Crippen molar-refractivity contribution in [2.75, 3.05) is 20.3 Å². The Morgan fingerprint density at radius 3 is 2.75 bits per heavy atom. The van der Waals surface area contributed by atoms with Crippen LogP contribution in [0.25, 0.3) is 0 Å². The minimum atomic E-state index is -3.95. The summed E-state index contributed by atoms with van der Waals surface area (Å²) >= 11 is 0. The molecule has 108 valence electrons. The lowest BCUT2D eigenvalue weighted by atomic mass is 10.2. The van der Waals surface area contributed by atoms with E-state index >= 15 is 0 Å². The number of primary amides is 1. The van der Waals surface area contributed by atoms with E-state index in [0.717, 1.165) is 0 Å². The maximum absolute atomic E-state index is 12.0. The Labute approximate surface area is 116 Å². The first kappa shape index (κ1) is 16.0. The number of nitrogens with two attached hydrogens (primary N) is 1. The molecule has 1 aromatic carbocycles. The van der Waals surface area contributed by atoms with E-state index in [4.69, 9.17) is 15.6 Å². The summed E-state index contributed by atoms with van der Waals surface area (Å²) in [6, 6.07) is 4.26. The van der Waals surface area contributed by atoms with Gasteiger partial charge < -0.3 is 15.6 Å². The summed E-state index contributed by atoms with van der Waals surface area (Å²) < 4.78 is 31.1. The van der Waals surface area contributed by atoms with Crippen LogP contribution in [0.5, 0.6) is 5.75 Å². The van der Waals surface area contributed by atoms with E-state index in [2.05, 4.69) is 16.6 Å². The molecule has 0 atom stereocenters. The second-order valence-corrected chi connectivity index (χ2v) is 5.35. The van der Waals surface area contributed by atoms with Crippen LogP contribution in [-0.4, -0.2) is 39.7 Å². The maximum Gasteiger partial charge on any atom is 0.244 e. The Morgan fingerprint density at radius 1 is 1.50 bits per heavy atom. The normalized spacial score (nSPS) is 10.5. The Bertz CT molecular complexity index is 658. The molecule has 0 aliphatic rings. The van der Waals surface area contributed by atoms with Gasteiger partial charge in [0.25, 0.3) is 0 Å². The molecule has 8 heteroatoms. The Kier molecular flexibility index (Phi) is 5.52. The molecule has 0 bridgehead atoms. The number of sulfonamides is 1. The van der Waals surface area contributed by atoms with Crippen molar-refractivity contribution in [3.8, 4) is 17.6 Å². The Balaban J connectivity index is 3.22. The average Bonchev–Trinajstić information content (AvgIpc) is 2.42. The van der Waals surface area contributed by atoms with E-state index in [1.807, 2.05) is 0 Å². The minimum absolute atomic E-state index is 0.108. The molecule has 0 saturated heterocycles. The van der Waals surface area contributed by atoms with Crippen molar-refractivity contribution in [3.05, 3.63) is 23.8 Å². The van der Waals surface area contributed by atoms with Crippen LogP contribution in [-0.2, 0) is 14.8 Å². The number of aliphatic hydroxyl groups excluding tert-OH is 1. The van der Waals surface area contributed by atoms with Gasteiger partial charge in [-0.15, -0.1) is 0 Å². The molecule has 0 heterocycles. The van der Waals surface area contributed by atoms with Crippen molar-refractivity contribution < 1.29 is 23.1 Å². The largest absolute Gasteiger partial charge is 0.495 e. The lowest BCUT2D eigenvalue weighted by Crippen LogP contribution is -2.33. The molecule has 1 amide bonds. The standard InChI is InChI=1S/C12H14N2O5S/c1-19-10-5-4-9(3-2-6-15)7-11(10)20(17,18)14-8-12(13)16/h4-5,7,14-15H,6,8H2,1H3,(H2,13,16). The quantitative estimate of drug-likeness (QED) is 0.590. The van der Waals surface area contributed by atoms with Gasteiger partial charge in [-0.2, -0.15) is 0 Å². The van der Waals surface area contributed by atoms with Gasteiger partial charge in [-0.1, -0.05) is 11.8 Å². The number of ether oxygens (including phenoxy) is 1. The zero-order chi connectivity index (χ0) is 15.2. The molecule has 0 aromatic heterocycles. The molecule has 1 rings (SSSR count). The third-order valence-corrected chi connectivity index (χ3v) is 3.62. The molecule has 1 aromatic rings. The second kappa shape index (κ2) is 6.91. The minimum Gasteiger partial charge on any atom is -0.495 e. The summed E-state index contributed by atoms with van der Waals surface area (Å²) in [6.07, 6.45) is 0. The van der Waals surface area contributed by atoms with Gasteiger partial charge in [0.1, 0.15) is 17.3 Å². The topological polar surface area (TPSA) is 119 Å². The van der Waals surface area contributed by atoms with Crippen molar-refractivity contribution in [1.82, 2.24) is 4.72 Å². The van der Waals surface area contributed by atoms with Crippen molar-refractivity contribution in [3.63, 3.8) is 0 Å². The molecule has 0 fully saturated rings. The van der Waals surface area contributed by atoms with E-state index in [0.29, 0.717) is 5.56 Å². The molecule has 4 N–H and O–H groups in total. The maximum atomic E-state index is 12.0. The van der Waals surface area contributed by atoms with Crippen LogP contribution < -0.4 is 15.2 Å². The number of carbonyl (C=O) groups excluding carboxylic acids is 1. The third kappa shape index (κ3) is 4.24. The monoisotopic (exact) mass is 298 g/mol. The number of benzene rings is 1. The number of hydrogen-bond donors (Lipinski definition) is 3. The van der Waals surface area contributed by atoms with E-state index in [-0.39, 0.29) is 17.3 Å². The summed E-state index contributed by atoms with van der Waals surface area (Å²) in [4.78, 5) is 10.5. The molecule has 0 aliphatic heterocycles. The highest BCUT2D eigenvalue weighted by Crippen LogP contribution is 2.24. The van der Waals surface area contributed by atoms with Gasteiger partial charge in [0.2, 0.25) is 15.9 Å². The van der Waals surface area contributed by atoms with Crippen LogP contribution in [0, 0.1) is 11.8 Å². The Morgan fingerprint density at radius 2 is 2.20 bits per heavy atom. The summed E-state index contributed by atoms with van der Waals surface area (Å²) in [5.74, 6) is 4.30. The smallest absolute Gasteiger partial charge is 0.244 e. The first-order chi connectivity index (χ1) is 9.40. The van der Waals surface area contributed by atoms with E-state index < -0.39 is 22.5 Å². The van der Waals surface area contributed by atoms with Crippen LogP contribution in [0.1, 0.15) is 5.56 Å². The summed E-state index contributed by atoms with van der Waals surface area (Å²) in [6.45, 7) is -0.855. The fourth-order valence-corrected chi connectivity index (χ4v) is 2.54. The fraction of sp³-hybridized carbons (Fsp3) is 0.250. The van der Waals surface area contributed by atoms with E-state index in [9.17, 15) is 13.2 Å². The Hall–Kier alpha value is -2.08. The number of rotatable bonds is 5. The summed E-state index contributed by atoms with van der Waals surface area (Å²) in [5, 5.41) is 8.62. The lowest BCUT2D eigenvalue weighted by Gasteiger charge is -2.10. The van der Waals surface area contributed by atoms with Gasteiger partial charge in [0.05, 0.1) is 13.7 Å².